The third kappa shape index (κ3) is 4.03. The van der Waals surface area contributed by atoms with Gasteiger partial charge in [-0.1, -0.05) is 6.42 Å². The highest BCUT2D eigenvalue weighted by atomic mass is 127. The van der Waals surface area contributed by atoms with Crippen molar-refractivity contribution in [2.24, 2.45) is 0 Å². The van der Waals surface area contributed by atoms with Gasteiger partial charge in [-0.3, -0.25) is 8.69 Å². The highest BCUT2D eigenvalue weighted by molar-refractivity contribution is 14.2. The minimum atomic E-state index is -5.00. The van der Waals surface area contributed by atoms with Crippen LogP contribution in [0.15, 0.2) is 29.3 Å². The first-order valence-electron chi connectivity index (χ1n) is 7.46. The van der Waals surface area contributed by atoms with Crippen LogP contribution in [0.25, 0.3) is 0 Å². The summed E-state index contributed by atoms with van der Waals surface area (Å²) < 4.78 is 81.9. The van der Waals surface area contributed by atoms with Crippen LogP contribution in [0.4, 0.5) is 27.6 Å². The van der Waals surface area contributed by atoms with Crippen LogP contribution in [-0.2, 0) is 17.2 Å². The fraction of sp³-hybridized carbons (Fsp3) is 0.333. The first kappa shape index (κ1) is 19.9. The number of alkyl halides is 3. The molecule has 142 valence electrons. The molecule has 1 heterocycles. The molecule has 0 amide bonds. The van der Waals surface area contributed by atoms with Gasteiger partial charge in [0.1, 0.15) is 11.6 Å². The zero-order valence-corrected chi connectivity index (χ0v) is 16.7. The minimum absolute atomic E-state index is 0.0561. The molecule has 0 bridgehead atoms. The Kier molecular flexibility index (Phi) is 5.87. The maximum Gasteiger partial charge on any atom is 0.419 e. The van der Waals surface area contributed by atoms with Crippen LogP contribution in [0.2, 0.25) is 0 Å². The molecule has 1 saturated carbocycles. The number of anilines is 1. The average Bonchev–Trinajstić information content (AvgIpc) is 2.91. The summed E-state index contributed by atoms with van der Waals surface area (Å²) in [4.78, 5) is 0.343. The lowest BCUT2D eigenvalue weighted by molar-refractivity contribution is -0.140. The number of benzene rings is 1. The van der Waals surface area contributed by atoms with Crippen molar-refractivity contribution in [3.63, 3.8) is 0 Å². The first-order chi connectivity index (χ1) is 12.2. The zero-order chi connectivity index (χ0) is 19.1. The maximum atomic E-state index is 13.9. The van der Waals surface area contributed by atoms with Gasteiger partial charge in [0.25, 0.3) is 0 Å². The molecule has 1 N–H and O–H groups in total. The Morgan fingerprint density at radius 2 is 1.88 bits per heavy atom. The van der Waals surface area contributed by atoms with Crippen LogP contribution in [0.3, 0.4) is 0 Å². The third-order valence-electron chi connectivity index (χ3n) is 4.17. The smallest absolute Gasteiger partial charge is 0.298 e. The largest absolute Gasteiger partial charge is 0.419 e. The van der Waals surface area contributed by atoms with E-state index in [2.05, 4.69) is 25.9 Å². The Bertz CT molecular complexity index is 851. The molecule has 2 aromatic rings. The molecule has 1 aromatic heterocycles. The standard InChI is InChI=1S/C15H12F5IN2OS2/c16-11-6-13(12(17)5-10(11)15(18,19)20)22-26(24)9-4-14(8-2-1-3-8)23(7-9)25-21/h4-8,22H,1-3H2. The van der Waals surface area contributed by atoms with Crippen molar-refractivity contribution in [2.45, 2.75) is 36.3 Å². The average molecular weight is 522 g/mol. The van der Waals surface area contributed by atoms with E-state index in [-0.39, 0.29) is 6.07 Å². The number of hydrogen-bond acceptors (Lipinski definition) is 2. The summed E-state index contributed by atoms with van der Waals surface area (Å²) in [7, 11) is -0.548. The molecule has 0 radical (unpaired) electrons. The normalized spacial score (nSPS) is 16.4. The van der Waals surface area contributed by atoms with Crippen molar-refractivity contribution in [2.75, 3.05) is 4.72 Å². The van der Waals surface area contributed by atoms with E-state index in [1.165, 1.54) is 9.12 Å². The van der Waals surface area contributed by atoms with E-state index < -0.39 is 40.0 Å². The Labute approximate surface area is 165 Å². The fourth-order valence-corrected chi connectivity index (χ4v) is 5.03. The zero-order valence-electron chi connectivity index (χ0n) is 12.9. The first-order valence-corrected chi connectivity index (χ1v) is 11.9. The van der Waals surface area contributed by atoms with Crippen LogP contribution < -0.4 is 4.72 Å². The molecule has 1 unspecified atom stereocenters. The minimum Gasteiger partial charge on any atom is -0.298 e. The van der Waals surface area contributed by atoms with Crippen molar-refractivity contribution in [3.8, 4) is 0 Å². The van der Waals surface area contributed by atoms with Crippen LogP contribution in [0.1, 0.15) is 36.4 Å². The molecule has 0 spiro atoms. The Morgan fingerprint density at radius 3 is 2.42 bits per heavy atom. The van der Waals surface area contributed by atoms with Crippen molar-refractivity contribution < 1.29 is 26.2 Å². The van der Waals surface area contributed by atoms with E-state index >= 15 is 0 Å². The van der Waals surface area contributed by atoms with E-state index in [9.17, 15) is 26.2 Å². The maximum absolute atomic E-state index is 13.9. The molecule has 1 aliphatic carbocycles. The van der Waals surface area contributed by atoms with Gasteiger partial charge in [0.15, 0.2) is 11.0 Å². The van der Waals surface area contributed by atoms with E-state index in [4.69, 9.17) is 0 Å². The molecule has 0 aliphatic heterocycles. The van der Waals surface area contributed by atoms with Crippen molar-refractivity contribution >= 4 is 47.0 Å². The Balaban J connectivity index is 1.84. The molecule has 26 heavy (non-hydrogen) atoms. The predicted octanol–water partition coefficient (Wildman–Crippen LogP) is 6.03. The lowest BCUT2D eigenvalue weighted by Gasteiger charge is -2.25. The second-order valence-corrected chi connectivity index (χ2v) is 8.73. The number of nitrogens with zero attached hydrogens (tertiary/aromatic N) is 1. The molecule has 0 saturated heterocycles. The second-order valence-electron chi connectivity index (χ2n) is 5.80. The van der Waals surface area contributed by atoms with E-state index in [0.717, 1.165) is 25.0 Å². The molecule has 3 nitrogen and oxygen atoms in total. The molecule has 3 rings (SSSR count). The van der Waals surface area contributed by atoms with Gasteiger partial charge >= 0.3 is 6.18 Å². The number of rotatable bonds is 5. The van der Waals surface area contributed by atoms with Gasteiger partial charge < -0.3 is 0 Å². The lowest BCUT2D eigenvalue weighted by Crippen LogP contribution is -2.12. The molecule has 1 aliphatic rings. The molecule has 11 heteroatoms. The topological polar surface area (TPSA) is 34.0 Å². The van der Waals surface area contributed by atoms with Gasteiger partial charge in [0, 0.05) is 54.2 Å². The number of hydrogen-bond donors (Lipinski definition) is 1. The van der Waals surface area contributed by atoms with Gasteiger partial charge in [0.05, 0.1) is 16.1 Å². The Morgan fingerprint density at radius 1 is 1.19 bits per heavy atom. The summed E-state index contributed by atoms with van der Waals surface area (Å²) in [6.07, 6.45) is -0.214. The highest BCUT2D eigenvalue weighted by Gasteiger charge is 2.35. The van der Waals surface area contributed by atoms with Crippen molar-refractivity contribution in [3.05, 3.63) is 47.3 Å². The summed E-state index contributed by atoms with van der Waals surface area (Å²) in [5.41, 5.74) is -1.31. The fourth-order valence-electron chi connectivity index (χ4n) is 2.60. The van der Waals surface area contributed by atoms with Crippen LogP contribution in [0.5, 0.6) is 0 Å². The summed E-state index contributed by atoms with van der Waals surface area (Å²) in [5.74, 6) is -2.59. The van der Waals surface area contributed by atoms with Gasteiger partial charge in [-0.05, 0) is 25.0 Å². The van der Waals surface area contributed by atoms with Gasteiger partial charge in [-0.25, -0.2) is 13.0 Å². The van der Waals surface area contributed by atoms with Gasteiger partial charge in [0.2, 0.25) is 0 Å². The van der Waals surface area contributed by atoms with Gasteiger partial charge in [-0.2, -0.15) is 13.2 Å². The SMILES string of the molecule is O=S(Nc1cc(F)c(C(F)(F)F)cc1F)c1cc(C2CCC2)n(SI)c1. The number of aromatic nitrogens is 1. The monoisotopic (exact) mass is 522 g/mol. The number of nitrogens with one attached hydrogen (secondary N) is 1. The summed E-state index contributed by atoms with van der Waals surface area (Å²) in [5, 5.41) is 0. The van der Waals surface area contributed by atoms with E-state index in [1.807, 2.05) is 3.97 Å². The molecular formula is C15H12F5IN2OS2. The molecule has 1 aromatic carbocycles. The summed E-state index contributed by atoms with van der Waals surface area (Å²) in [6, 6.07) is 2.14. The number of halogens is 6. The molecular weight excluding hydrogens is 510 g/mol. The quantitative estimate of drug-likeness (QED) is 0.384. The van der Waals surface area contributed by atoms with E-state index in [0.29, 0.717) is 16.9 Å². The van der Waals surface area contributed by atoms with E-state index in [1.54, 1.807) is 12.3 Å². The van der Waals surface area contributed by atoms with Crippen LogP contribution in [0, 0.1) is 11.6 Å². The van der Waals surface area contributed by atoms with Crippen molar-refractivity contribution in [1.29, 1.82) is 0 Å². The second kappa shape index (κ2) is 7.66. The highest BCUT2D eigenvalue weighted by Crippen LogP contribution is 2.40. The van der Waals surface area contributed by atoms with Crippen LogP contribution in [-0.4, -0.2) is 8.18 Å². The Hall–Kier alpha value is -0.820. The van der Waals surface area contributed by atoms with Gasteiger partial charge in [-0.15, -0.1) is 0 Å². The molecule has 1 atom stereocenters. The summed E-state index contributed by atoms with van der Waals surface area (Å²) >= 11 is 2.08. The predicted molar refractivity (Wildman–Crippen MR) is 99.4 cm³/mol. The molecule has 1 fully saturated rings. The van der Waals surface area contributed by atoms with Crippen LogP contribution >= 0.6 is 30.3 Å². The summed E-state index contributed by atoms with van der Waals surface area (Å²) in [6.45, 7) is 0. The third-order valence-corrected chi connectivity index (χ3v) is 6.96. The lowest BCUT2D eigenvalue weighted by atomic mass is 9.83. The van der Waals surface area contributed by atoms with Crippen molar-refractivity contribution in [1.82, 2.24) is 3.97 Å².